The van der Waals surface area contributed by atoms with Gasteiger partial charge in [-0.25, -0.2) is 0 Å². The van der Waals surface area contributed by atoms with E-state index in [0.717, 1.165) is 31.2 Å². The molecule has 27 heavy (non-hydrogen) atoms. The van der Waals surface area contributed by atoms with Crippen molar-refractivity contribution < 1.29 is 14.7 Å². The minimum absolute atomic E-state index is 0.197. The summed E-state index contributed by atoms with van der Waals surface area (Å²) in [6.07, 6.45) is 5.16. The third-order valence-corrected chi connectivity index (χ3v) is 5.50. The molecule has 0 bridgehead atoms. The molecule has 0 aliphatic rings. The van der Waals surface area contributed by atoms with Gasteiger partial charge in [0.05, 0.1) is 5.41 Å². The van der Waals surface area contributed by atoms with Crippen molar-refractivity contribution in [3.05, 3.63) is 71.3 Å². The van der Waals surface area contributed by atoms with Gasteiger partial charge in [-0.2, -0.15) is 0 Å². The molecule has 2 rings (SSSR count). The first kappa shape index (κ1) is 20.9. The number of carbonyl (C=O) groups is 2. The van der Waals surface area contributed by atoms with E-state index in [1.54, 1.807) is 6.92 Å². The Bertz CT molecular complexity index is 751. The molecule has 3 heteroatoms. The second-order valence-corrected chi connectivity index (χ2v) is 7.42. The first-order valence-electron chi connectivity index (χ1n) is 9.78. The third kappa shape index (κ3) is 5.78. The van der Waals surface area contributed by atoms with E-state index in [9.17, 15) is 9.59 Å². The summed E-state index contributed by atoms with van der Waals surface area (Å²) in [6, 6.07) is 18.4. The smallest absolute Gasteiger partial charge is 0.303 e. The van der Waals surface area contributed by atoms with E-state index in [1.165, 1.54) is 11.1 Å². The van der Waals surface area contributed by atoms with Crippen LogP contribution in [-0.2, 0) is 21.4 Å². The summed E-state index contributed by atoms with van der Waals surface area (Å²) in [4.78, 5) is 23.6. The summed E-state index contributed by atoms with van der Waals surface area (Å²) in [5.41, 5.74) is 2.97. The van der Waals surface area contributed by atoms with Crippen LogP contribution >= 0.6 is 0 Å². The van der Waals surface area contributed by atoms with Crippen molar-refractivity contribution in [2.45, 2.75) is 64.2 Å². The Morgan fingerprint density at radius 2 is 1.52 bits per heavy atom. The number of aliphatic carboxylic acids is 1. The Balaban J connectivity index is 2.20. The second kappa shape index (κ2) is 10.1. The number of rotatable bonds is 11. The molecule has 0 spiro atoms. The molecule has 3 nitrogen and oxygen atoms in total. The molecule has 0 saturated heterocycles. The summed E-state index contributed by atoms with van der Waals surface area (Å²) in [6.45, 7) is 3.80. The van der Waals surface area contributed by atoms with Crippen LogP contribution < -0.4 is 0 Å². The maximum atomic E-state index is 12.9. The van der Waals surface area contributed by atoms with Crippen molar-refractivity contribution in [1.29, 1.82) is 0 Å². The Morgan fingerprint density at radius 3 is 2.15 bits per heavy atom. The topological polar surface area (TPSA) is 54.4 Å². The molecule has 1 atom stereocenters. The van der Waals surface area contributed by atoms with Gasteiger partial charge in [-0.3, -0.25) is 9.59 Å². The van der Waals surface area contributed by atoms with Gasteiger partial charge >= 0.3 is 5.97 Å². The van der Waals surface area contributed by atoms with Crippen LogP contribution in [0.2, 0.25) is 0 Å². The van der Waals surface area contributed by atoms with Crippen LogP contribution in [0.1, 0.15) is 62.1 Å². The third-order valence-electron chi connectivity index (χ3n) is 5.50. The standard InChI is InChI=1S/C24H30O3/c1-19-12-9-10-13-21(19)18-24(20(2)25,22-14-6-5-7-15-22)17-11-4-3-8-16-23(26)27/h5-7,9-10,12-15H,3-4,8,11,16-18H2,1-2H3,(H,26,27). The summed E-state index contributed by atoms with van der Waals surface area (Å²) in [5.74, 6) is -0.542. The molecule has 0 aliphatic heterocycles. The minimum atomic E-state index is -0.739. The number of benzene rings is 2. The van der Waals surface area contributed by atoms with Crippen molar-refractivity contribution in [2.24, 2.45) is 0 Å². The molecule has 0 aliphatic carbocycles. The predicted molar refractivity (Wildman–Crippen MR) is 109 cm³/mol. The molecular formula is C24H30O3. The molecular weight excluding hydrogens is 336 g/mol. The van der Waals surface area contributed by atoms with Gasteiger partial charge in [0.2, 0.25) is 0 Å². The van der Waals surface area contributed by atoms with E-state index < -0.39 is 11.4 Å². The summed E-state index contributed by atoms with van der Waals surface area (Å²) in [5, 5.41) is 8.77. The van der Waals surface area contributed by atoms with Crippen LogP contribution in [0.15, 0.2) is 54.6 Å². The lowest BCUT2D eigenvalue weighted by molar-refractivity contribution is -0.137. The van der Waals surface area contributed by atoms with Crippen LogP contribution in [0.4, 0.5) is 0 Å². The minimum Gasteiger partial charge on any atom is -0.481 e. The quantitative estimate of drug-likeness (QED) is 0.535. The molecule has 0 heterocycles. The van der Waals surface area contributed by atoms with Gasteiger partial charge in [0.1, 0.15) is 5.78 Å². The highest BCUT2D eigenvalue weighted by molar-refractivity contribution is 5.88. The average molecular weight is 367 g/mol. The molecule has 0 aromatic heterocycles. The molecule has 0 fully saturated rings. The summed E-state index contributed by atoms with van der Waals surface area (Å²) in [7, 11) is 0. The van der Waals surface area contributed by atoms with Crippen molar-refractivity contribution in [3.63, 3.8) is 0 Å². The number of carboxylic acids is 1. The normalized spacial score (nSPS) is 13.1. The van der Waals surface area contributed by atoms with Crippen molar-refractivity contribution >= 4 is 11.8 Å². The molecule has 0 amide bonds. The molecule has 0 radical (unpaired) electrons. The lowest BCUT2D eigenvalue weighted by Gasteiger charge is -2.33. The van der Waals surface area contributed by atoms with E-state index in [2.05, 4.69) is 31.2 Å². The fourth-order valence-corrected chi connectivity index (χ4v) is 3.79. The number of hydrogen-bond donors (Lipinski definition) is 1. The molecule has 144 valence electrons. The largest absolute Gasteiger partial charge is 0.481 e. The van der Waals surface area contributed by atoms with Crippen LogP contribution in [0.25, 0.3) is 0 Å². The van der Waals surface area contributed by atoms with Gasteiger partial charge < -0.3 is 5.11 Å². The molecule has 2 aromatic rings. The van der Waals surface area contributed by atoms with Crippen molar-refractivity contribution in [2.75, 3.05) is 0 Å². The monoisotopic (exact) mass is 366 g/mol. The summed E-state index contributed by atoms with van der Waals surface area (Å²) >= 11 is 0. The highest BCUT2D eigenvalue weighted by Crippen LogP contribution is 2.36. The predicted octanol–water partition coefficient (Wildman–Crippen LogP) is 5.49. The van der Waals surface area contributed by atoms with Crippen molar-refractivity contribution in [3.8, 4) is 0 Å². The van der Waals surface area contributed by atoms with Crippen LogP contribution in [0.3, 0.4) is 0 Å². The first-order chi connectivity index (χ1) is 13.0. The van der Waals surface area contributed by atoms with Crippen molar-refractivity contribution in [1.82, 2.24) is 0 Å². The van der Waals surface area contributed by atoms with Gasteiger partial charge in [0.15, 0.2) is 0 Å². The number of carboxylic acid groups (broad SMARTS) is 1. The molecule has 1 unspecified atom stereocenters. The van der Waals surface area contributed by atoms with Gasteiger partial charge in [-0.05, 0) is 49.8 Å². The van der Waals surface area contributed by atoms with E-state index in [1.807, 2.05) is 30.3 Å². The number of unbranched alkanes of at least 4 members (excludes halogenated alkanes) is 3. The maximum absolute atomic E-state index is 12.9. The zero-order valence-corrected chi connectivity index (χ0v) is 16.4. The number of carbonyl (C=O) groups excluding carboxylic acids is 1. The van der Waals surface area contributed by atoms with Crippen LogP contribution in [-0.4, -0.2) is 16.9 Å². The molecule has 0 saturated carbocycles. The zero-order chi connectivity index (χ0) is 19.7. The number of hydrogen-bond acceptors (Lipinski definition) is 2. The first-order valence-corrected chi connectivity index (χ1v) is 9.78. The Morgan fingerprint density at radius 1 is 0.889 bits per heavy atom. The van der Waals surface area contributed by atoms with Gasteiger partial charge in [-0.15, -0.1) is 0 Å². The van der Waals surface area contributed by atoms with E-state index in [0.29, 0.717) is 12.8 Å². The summed E-state index contributed by atoms with van der Waals surface area (Å²) < 4.78 is 0. The van der Waals surface area contributed by atoms with E-state index >= 15 is 0 Å². The number of ketones is 1. The maximum Gasteiger partial charge on any atom is 0.303 e. The van der Waals surface area contributed by atoms with E-state index in [4.69, 9.17) is 5.11 Å². The SMILES string of the molecule is CC(=O)C(CCCCCCC(=O)O)(Cc1ccccc1C)c1ccccc1. The average Bonchev–Trinajstić information content (AvgIpc) is 2.65. The van der Waals surface area contributed by atoms with Crippen LogP contribution in [0.5, 0.6) is 0 Å². The van der Waals surface area contributed by atoms with Gasteiger partial charge in [-0.1, -0.05) is 73.9 Å². The van der Waals surface area contributed by atoms with Gasteiger partial charge in [0.25, 0.3) is 0 Å². The zero-order valence-electron chi connectivity index (χ0n) is 16.4. The Labute approximate surface area is 162 Å². The fraction of sp³-hybridized carbons (Fsp3) is 0.417. The molecule has 2 aromatic carbocycles. The second-order valence-electron chi connectivity index (χ2n) is 7.42. The van der Waals surface area contributed by atoms with Gasteiger partial charge in [0, 0.05) is 6.42 Å². The highest BCUT2D eigenvalue weighted by atomic mass is 16.4. The number of Topliss-reactive ketones (excluding diaryl/α,β-unsaturated/α-hetero) is 1. The van der Waals surface area contributed by atoms with Crippen LogP contribution in [0, 0.1) is 6.92 Å². The van der Waals surface area contributed by atoms with E-state index in [-0.39, 0.29) is 12.2 Å². The fourth-order valence-electron chi connectivity index (χ4n) is 3.79. The lowest BCUT2D eigenvalue weighted by atomic mass is 9.69. The number of aryl methyl sites for hydroxylation is 1. The molecule has 1 N–H and O–H groups in total. The Hall–Kier alpha value is -2.42. The highest BCUT2D eigenvalue weighted by Gasteiger charge is 2.37. The Kier molecular flexibility index (Phi) is 7.78. The lowest BCUT2D eigenvalue weighted by Crippen LogP contribution is -2.37.